The molecule has 1 nitrogen and oxygen atoms in total. The molecule has 100 valence electrons. The van der Waals surface area contributed by atoms with Crippen LogP contribution in [0.25, 0.3) is 0 Å². The molecule has 5 aliphatic rings. The quantitative estimate of drug-likeness (QED) is 0.730. The van der Waals surface area contributed by atoms with Gasteiger partial charge >= 0.3 is 0 Å². The van der Waals surface area contributed by atoms with Crippen molar-refractivity contribution >= 4 is 0 Å². The van der Waals surface area contributed by atoms with Gasteiger partial charge in [-0.1, -0.05) is 11.6 Å². The third-order valence-electron chi connectivity index (χ3n) is 6.47. The third kappa shape index (κ3) is 1.70. The van der Waals surface area contributed by atoms with E-state index in [1.807, 2.05) is 0 Å². The van der Waals surface area contributed by atoms with Crippen LogP contribution in [-0.2, 0) is 0 Å². The van der Waals surface area contributed by atoms with E-state index in [0.29, 0.717) is 11.5 Å². The Labute approximate surface area is 111 Å². The number of hydrogen-bond acceptors (Lipinski definition) is 1. The number of allylic oxidation sites excluding steroid dienone is 1. The van der Waals surface area contributed by atoms with Crippen LogP contribution in [-0.4, -0.2) is 6.04 Å². The predicted octanol–water partition coefficient (Wildman–Crippen LogP) is 4.03. The maximum absolute atomic E-state index is 6.78. The van der Waals surface area contributed by atoms with Crippen LogP contribution in [0.2, 0.25) is 0 Å². The van der Waals surface area contributed by atoms with Crippen molar-refractivity contribution in [2.45, 2.75) is 70.3 Å². The van der Waals surface area contributed by atoms with Gasteiger partial charge in [0.2, 0.25) is 0 Å². The second-order valence-electron chi connectivity index (χ2n) is 7.78. The first-order valence-corrected chi connectivity index (χ1v) is 8.20. The summed E-state index contributed by atoms with van der Waals surface area (Å²) in [4.78, 5) is 0. The van der Waals surface area contributed by atoms with Gasteiger partial charge in [-0.25, -0.2) is 0 Å². The fraction of sp³-hybridized carbons (Fsp3) is 0.882. The van der Waals surface area contributed by atoms with Crippen LogP contribution in [0.5, 0.6) is 0 Å². The highest BCUT2D eigenvalue weighted by atomic mass is 14.7. The van der Waals surface area contributed by atoms with Gasteiger partial charge in [0.25, 0.3) is 0 Å². The highest BCUT2D eigenvalue weighted by Crippen LogP contribution is 2.61. The Balaban J connectivity index is 1.61. The predicted molar refractivity (Wildman–Crippen MR) is 75.1 cm³/mol. The minimum absolute atomic E-state index is 0.409. The monoisotopic (exact) mass is 245 g/mol. The summed E-state index contributed by atoms with van der Waals surface area (Å²) in [6.07, 6.45) is 16.8. The molecule has 0 amide bonds. The van der Waals surface area contributed by atoms with Crippen molar-refractivity contribution in [2.24, 2.45) is 28.9 Å². The summed E-state index contributed by atoms with van der Waals surface area (Å²) >= 11 is 0. The molecule has 0 aromatic rings. The summed E-state index contributed by atoms with van der Waals surface area (Å²) in [6, 6.07) is 0.409. The van der Waals surface area contributed by atoms with E-state index < -0.39 is 0 Å². The van der Waals surface area contributed by atoms with Crippen molar-refractivity contribution in [3.8, 4) is 0 Å². The van der Waals surface area contributed by atoms with Gasteiger partial charge in [0.1, 0.15) is 0 Å². The van der Waals surface area contributed by atoms with E-state index in [0.717, 1.165) is 17.8 Å². The summed E-state index contributed by atoms with van der Waals surface area (Å²) in [5.41, 5.74) is 8.93. The van der Waals surface area contributed by atoms with E-state index in [9.17, 15) is 0 Å². The Bertz CT molecular complexity index is 333. The molecule has 4 saturated carbocycles. The SMILES string of the molecule is NC(C1=CCCCC1)C12CC3CC(CC(C3)C1)C2. The summed E-state index contributed by atoms with van der Waals surface area (Å²) in [7, 11) is 0. The molecule has 1 atom stereocenters. The van der Waals surface area contributed by atoms with Crippen LogP contribution in [0.1, 0.15) is 64.2 Å². The minimum atomic E-state index is 0.409. The average Bonchev–Trinajstić information content (AvgIpc) is 2.37. The summed E-state index contributed by atoms with van der Waals surface area (Å²) < 4.78 is 0. The zero-order chi connectivity index (χ0) is 12.2. The number of hydrogen-bond donors (Lipinski definition) is 1. The summed E-state index contributed by atoms with van der Waals surface area (Å²) in [5, 5.41) is 0. The van der Waals surface area contributed by atoms with Gasteiger partial charge in [-0.2, -0.15) is 0 Å². The molecule has 0 aromatic carbocycles. The van der Waals surface area contributed by atoms with Gasteiger partial charge in [-0.05, 0) is 87.4 Å². The van der Waals surface area contributed by atoms with Crippen LogP contribution in [0.4, 0.5) is 0 Å². The topological polar surface area (TPSA) is 26.0 Å². The van der Waals surface area contributed by atoms with Crippen molar-refractivity contribution in [3.63, 3.8) is 0 Å². The molecule has 1 unspecified atom stereocenters. The fourth-order valence-corrected chi connectivity index (χ4v) is 6.10. The van der Waals surface area contributed by atoms with E-state index >= 15 is 0 Å². The second kappa shape index (κ2) is 4.10. The van der Waals surface area contributed by atoms with Crippen LogP contribution < -0.4 is 5.73 Å². The molecular formula is C17H27N. The number of rotatable bonds is 2. The average molecular weight is 245 g/mol. The molecule has 1 heteroatoms. The molecule has 0 spiro atoms. The maximum atomic E-state index is 6.78. The first-order chi connectivity index (χ1) is 8.75. The lowest BCUT2D eigenvalue weighted by atomic mass is 9.47. The molecule has 0 aliphatic heterocycles. The van der Waals surface area contributed by atoms with Gasteiger partial charge in [0.05, 0.1) is 0 Å². The zero-order valence-corrected chi connectivity index (χ0v) is 11.5. The lowest BCUT2D eigenvalue weighted by Crippen LogP contribution is -2.55. The largest absolute Gasteiger partial charge is 0.324 e. The standard InChI is InChI=1S/C17H27N/c18-16(15-4-2-1-3-5-15)17-9-12-6-13(10-17)8-14(7-12)11-17/h4,12-14,16H,1-3,5-11,18H2. The molecule has 4 bridgehead atoms. The molecular weight excluding hydrogens is 218 g/mol. The molecule has 0 radical (unpaired) electrons. The lowest BCUT2D eigenvalue weighted by Gasteiger charge is -2.59. The van der Waals surface area contributed by atoms with Crippen molar-refractivity contribution in [2.75, 3.05) is 0 Å². The van der Waals surface area contributed by atoms with Gasteiger partial charge in [-0.3, -0.25) is 0 Å². The maximum Gasteiger partial charge on any atom is 0.0311 e. The van der Waals surface area contributed by atoms with Gasteiger partial charge in [0.15, 0.2) is 0 Å². The van der Waals surface area contributed by atoms with E-state index in [2.05, 4.69) is 6.08 Å². The zero-order valence-electron chi connectivity index (χ0n) is 11.5. The van der Waals surface area contributed by atoms with Crippen molar-refractivity contribution in [1.82, 2.24) is 0 Å². The molecule has 4 fully saturated rings. The lowest BCUT2D eigenvalue weighted by molar-refractivity contribution is -0.0614. The van der Waals surface area contributed by atoms with Gasteiger partial charge < -0.3 is 5.73 Å². The molecule has 0 heterocycles. The van der Waals surface area contributed by atoms with E-state index in [1.165, 1.54) is 64.2 Å². The Morgan fingerprint density at radius 3 is 2.11 bits per heavy atom. The summed E-state index contributed by atoms with van der Waals surface area (Å²) in [5.74, 6) is 3.10. The third-order valence-corrected chi connectivity index (χ3v) is 6.47. The first-order valence-electron chi connectivity index (χ1n) is 8.20. The van der Waals surface area contributed by atoms with Crippen molar-refractivity contribution in [3.05, 3.63) is 11.6 Å². The van der Waals surface area contributed by atoms with Crippen LogP contribution >= 0.6 is 0 Å². The Kier molecular flexibility index (Phi) is 2.62. The Morgan fingerprint density at radius 2 is 1.61 bits per heavy atom. The Hall–Kier alpha value is -0.300. The van der Waals surface area contributed by atoms with E-state index in [1.54, 1.807) is 5.57 Å². The minimum Gasteiger partial charge on any atom is -0.324 e. The van der Waals surface area contributed by atoms with Crippen LogP contribution in [0, 0.1) is 23.2 Å². The molecule has 5 aliphatic carbocycles. The smallest absolute Gasteiger partial charge is 0.0311 e. The van der Waals surface area contributed by atoms with Crippen LogP contribution in [0.15, 0.2) is 11.6 Å². The second-order valence-corrected chi connectivity index (χ2v) is 7.78. The Morgan fingerprint density at radius 1 is 1.00 bits per heavy atom. The molecule has 2 N–H and O–H groups in total. The first kappa shape index (κ1) is 11.5. The van der Waals surface area contributed by atoms with E-state index in [4.69, 9.17) is 5.73 Å². The van der Waals surface area contributed by atoms with Gasteiger partial charge in [-0.15, -0.1) is 0 Å². The summed E-state index contributed by atoms with van der Waals surface area (Å²) in [6.45, 7) is 0. The molecule has 0 aromatic heterocycles. The highest BCUT2D eigenvalue weighted by Gasteiger charge is 2.53. The van der Waals surface area contributed by atoms with Gasteiger partial charge in [0, 0.05) is 6.04 Å². The highest BCUT2D eigenvalue weighted by molar-refractivity contribution is 5.20. The van der Waals surface area contributed by atoms with Crippen molar-refractivity contribution in [1.29, 1.82) is 0 Å². The van der Waals surface area contributed by atoms with Crippen LogP contribution in [0.3, 0.4) is 0 Å². The number of nitrogens with two attached hydrogens (primary N) is 1. The normalized spacial score (nSPS) is 48.1. The van der Waals surface area contributed by atoms with E-state index in [-0.39, 0.29) is 0 Å². The van der Waals surface area contributed by atoms with Crippen molar-refractivity contribution < 1.29 is 0 Å². The molecule has 18 heavy (non-hydrogen) atoms. The molecule has 5 rings (SSSR count). The molecule has 0 saturated heterocycles. The fourth-order valence-electron chi connectivity index (χ4n) is 6.10.